The van der Waals surface area contributed by atoms with Crippen LogP contribution in [-0.2, 0) is 21.7 Å². The molecule has 1 atom stereocenters. The fourth-order valence-electron chi connectivity index (χ4n) is 3.25. The largest absolute Gasteiger partial charge is 0.343 e. The molecule has 2 aliphatic rings. The summed E-state index contributed by atoms with van der Waals surface area (Å²) in [6.45, 7) is 2.45. The summed E-state index contributed by atoms with van der Waals surface area (Å²) in [6.07, 6.45) is 3.29. The summed E-state index contributed by atoms with van der Waals surface area (Å²) >= 11 is 0. The van der Waals surface area contributed by atoms with E-state index in [4.69, 9.17) is 9.47 Å². The Bertz CT molecular complexity index is 413. The molecule has 1 aromatic carbocycles. The Balaban J connectivity index is 1.97. The van der Waals surface area contributed by atoms with Gasteiger partial charge in [0.15, 0.2) is 5.79 Å². The van der Waals surface area contributed by atoms with E-state index >= 15 is 0 Å². The molecule has 1 unspecified atom stereocenters. The molecule has 1 saturated heterocycles. The van der Waals surface area contributed by atoms with Gasteiger partial charge in [-0.25, -0.2) is 0 Å². The standard InChI is InChI=1S/C15H21NO2/c1-16-11-12-6-7-13-4-2-3-5-14(13)15(10-12)17-8-9-18-15/h2-5,12,16H,6-11H2,1H3. The molecule has 3 nitrogen and oxygen atoms in total. The number of rotatable bonds is 2. The second-order valence-corrected chi connectivity index (χ2v) is 5.27. The van der Waals surface area contributed by atoms with Crippen molar-refractivity contribution in [2.24, 2.45) is 5.92 Å². The first-order valence-electron chi connectivity index (χ1n) is 6.85. The van der Waals surface area contributed by atoms with Crippen LogP contribution in [-0.4, -0.2) is 26.8 Å². The molecular formula is C15H21NO2. The lowest BCUT2D eigenvalue weighted by Crippen LogP contribution is -2.32. The lowest BCUT2D eigenvalue weighted by Gasteiger charge is -2.30. The number of ether oxygens (including phenoxy) is 2. The number of hydrogen-bond acceptors (Lipinski definition) is 3. The highest BCUT2D eigenvalue weighted by Gasteiger charge is 2.43. The van der Waals surface area contributed by atoms with Gasteiger partial charge in [-0.1, -0.05) is 24.3 Å². The third-order valence-corrected chi connectivity index (χ3v) is 4.05. The van der Waals surface area contributed by atoms with Crippen LogP contribution >= 0.6 is 0 Å². The zero-order chi connectivity index (χ0) is 12.4. The van der Waals surface area contributed by atoms with Gasteiger partial charge in [0, 0.05) is 12.0 Å². The Morgan fingerprint density at radius 3 is 2.83 bits per heavy atom. The predicted octanol–water partition coefficient (Wildman–Crippen LogP) is 2.06. The molecule has 1 heterocycles. The van der Waals surface area contributed by atoms with Crippen molar-refractivity contribution in [2.75, 3.05) is 26.8 Å². The molecule has 98 valence electrons. The summed E-state index contributed by atoms with van der Waals surface area (Å²) in [7, 11) is 2.01. The molecule has 0 amide bonds. The van der Waals surface area contributed by atoms with Gasteiger partial charge in [-0.15, -0.1) is 0 Å². The highest BCUT2D eigenvalue weighted by molar-refractivity contribution is 5.33. The molecule has 0 radical (unpaired) electrons. The first-order valence-corrected chi connectivity index (χ1v) is 6.85. The summed E-state index contributed by atoms with van der Waals surface area (Å²) in [5, 5.41) is 3.29. The van der Waals surface area contributed by atoms with E-state index in [1.807, 2.05) is 7.05 Å². The highest BCUT2D eigenvalue weighted by Crippen LogP contribution is 2.42. The minimum atomic E-state index is -0.478. The normalized spacial score (nSPS) is 25.9. The van der Waals surface area contributed by atoms with E-state index in [2.05, 4.69) is 29.6 Å². The molecule has 0 aromatic heterocycles. The van der Waals surface area contributed by atoms with Gasteiger partial charge in [0.05, 0.1) is 13.2 Å². The Labute approximate surface area is 108 Å². The molecule has 1 N–H and O–H groups in total. The zero-order valence-electron chi connectivity index (χ0n) is 10.9. The maximum absolute atomic E-state index is 6.01. The molecular weight excluding hydrogens is 226 g/mol. The van der Waals surface area contributed by atoms with Gasteiger partial charge in [-0.2, -0.15) is 0 Å². The zero-order valence-corrected chi connectivity index (χ0v) is 10.9. The molecule has 1 aliphatic heterocycles. The predicted molar refractivity (Wildman–Crippen MR) is 70.4 cm³/mol. The van der Waals surface area contributed by atoms with Crippen molar-refractivity contribution in [3.05, 3.63) is 35.4 Å². The maximum atomic E-state index is 6.01. The number of fused-ring (bicyclic) bond motifs is 2. The Hall–Kier alpha value is -0.900. The third kappa shape index (κ3) is 2.07. The van der Waals surface area contributed by atoms with Crippen LogP contribution in [0.15, 0.2) is 24.3 Å². The van der Waals surface area contributed by atoms with Crippen LogP contribution in [0.25, 0.3) is 0 Å². The smallest absolute Gasteiger partial charge is 0.195 e. The molecule has 3 heteroatoms. The van der Waals surface area contributed by atoms with Crippen LogP contribution in [0.4, 0.5) is 0 Å². The van der Waals surface area contributed by atoms with Crippen LogP contribution in [0.3, 0.4) is 0 Å². The quantitative estimate of drug-likeness (QED) is 0.867. The summed E-state index contributed by atoms with van der Waals surface area (Å²) < 4.78 is 12.0. The summed E-state index contributed by atoms with van der Waals surface area (Å²) in [5.41, 5.74) is 2.64. The van der Waals surface area contributed by atoms with E-state index in [1.54, 1.807) is 0 Å². The van der Waals surface area contributed by atoms with Crippen LogP contribution in [0.5, 0.6) is 0 Å². The van der Waals surface area contributed by atoms with Gasteiger partial charge in [-0.05, 0) is 37.9 Å². The Morgan fingerprint density at radius 1 is 1.28 bits per heavy atom. The molecule has 0 bridgehead atoms. The molecule has 1 spiro atoms. The van der Waals surface area contributed by atoms with E-state index in [9.17, 15) is 0 Å². The monoisotopic (exact) mass is 247 g/mol. The van der Waals surface area contributed by atoms with E-state index in [-0.39, 0.29) is 0 Å². The average molecular weight is 247 g/mol. The topological polar surface area (TPSA) is 30.5 Å². The summed E-state index contributed by atoms with van der Waals surface area (Å²) in [5.74, 6) is 0.134. The van der Waals surface area contributed by atoms with Gasteiger partial charge in [-0.3, -0.25) is 0 Å². The van der Waals surface area contributed by atoms with E-state index in [0.717, 1.165) is 19.4 Å². The van der Waals surface area contributed by atoms with Crippen molar-refractivity contribution in [3.63, 3.8) is 0 Å². The van der Waals surface area contributed by atoms with Crippen LogP contribution in [0, 0.1) is 5.92 Å². The van der Waals surface area contributed by atoms with Crippen molar-refractivity contribution in [1.29, 1.82) is 0 Å². The van der Waals surface area contributed by atoms with E-state index < -0.39 is 5.79 Å². The number of hydrogen-bond donors (Lipinski definition) is 1. The van der Waals surface area contributed by atoms with E-state index in [1.165, 1.54) is 17.5 Å². The lowest BCUT2D eigenvalue weighted by molar-refractivity contribution is -0.177. The van der Waals surface area contributed by atoms with Crippen molar-refractivity contribution in [3.8, 4) is 0 Å². The van der Waals surface area contributed by atoms with Gasteiger partial charge < -0.3 is 14.8 Å². The third-order valence-electron chi connectivity index (χ3n) is 4.05. The van der Waals surface area contributed by atoms with Gasteiger partial charge in [0.1, 0.15) is 0 Å². The number of nitrogens with one attached hydrogen (secondary N) is 1. The molecule has 18 heavy (non-hydrogen) atoms. The average Bonchev–Trinajstić information content (AvgIpc) is 2.80. The fourth-order valence-corrected chi connectivity index (χ4v) is 3.25. The number of benzene rings is 1. The molecule has 1 aliphatic carbocycles. The van der Waals surface area contributed by atoms with Gasteiger partial charge in [0.2, 0.25) is 0 Å². The summed E-state index contributed by atoms with van der Waals surface area (Å²) in [4.78, 5) is 0. The van der Waals surface area contributed by atoms with Crippen molar-refractivity contribution < 1.29 is 9.47 Å². The van der Waals surface area contributed by atoms with Gasteiger partial charge >= 0.3 is 0 Å². The van der Waals surface area contributed by atoms with Crippen LogP contribution in [0.2, 0.25) is 0 Å². The second-order valence-electron chi connectivity index (χ2n) is 5.27. The first kappa shape index (κ1) is 12.2. The lowest BCUT2D eigenvalue weighted by atomic mass is 9.94. The highest BCUT2D eigenvalue weighted by atomic mass is 16.7. The van der Waals surface area contributed by atoms with Crippen molar-refractivity contribution in [2.45, 2.75) is 25.0 Å². The fraction of sp³-hybridized carbons (Fsp3) is 0.600. The second kappa shape index (κ2) is 5.00. The minimum absolute atomic E-state index is 0.478. The maximum Gasteiger partial charge on any atom is 0.195 e. The van der Waals surface area contributed by atoms with Crippen LogP contribution < -0.4 is 5.32 Å². The van der Waals surface area contributed by atoms with Gasteiger partial charge in [0.25, 0.3) is 0 Å². The molecule has 3 rings (SSSR count). The Kier molecular flexibility index (Phi) is 3.37. The van der Waals surface area contributed by atoms with Crippen LogP contribution in [0.1, 0.15) is 24.0 Å². The SMILES string of the molecule is CNCC1CCc2ccccc2C2(C1)OCCO2. The number of aryl methyl sites for hydroxylation is 1. The molecule has 1 aromatic rings. The molecule has 1 fully saturated rings. The van der Waals surface area contributed by atoms with E-state index in [0.29, 0.717) is 19.1 Å². The first-order chi connectivity index (χ1) is 8.84. The van der Waals surface area contributed by atoms with Crippen molar-refractivity contribution in [1.82, 2.24) is 5.32 Å². The minimum Gasteiger partial charge on any atom is -0.343 e. The summed E-state index contributed by atoms with van der Waals surface area (Å²) in [6, 6.07) is 8.58. The Morgan fingerprint density at radius 2 is 2.06 bits per heavy atom. The molecule has 0 saturated carbocycles. The van der Waals surface area contributed by atoms with Crippen molar-refractivity contribution >= 4 is 0 Å².